The van der Waals surface area contributed by atoms with E-state index in [2.05, 4.69) is 35.6 Å². The van der Waals surface area contributed by atoms with Gasteiger partial charge in [-0.1, -0.05) is 42.5 Å². The molecule has 0 unspecified atom stereocenters. The van der Waals surface area contributed by atoms with Crippen LogP contribution in [-0.4, -0.2) is 11.2 Å². The average molecular weight is 339 g/mol. The molecular formula is C22H29NO2. The minimum atomic E-state index is -0.789. The Morgan fingerprint density at radius 2 is 1.68 bits per heavy atom. The van der Waals surface area contributed by atoms with E-state index in [0.29, 0.717) is 6.10 Å². The van der Waals surface area contributed by atoms with Crippen molar-refractivity contribution in [1.29, 1.82) is 0 Å². The molecule has 0 heterocycles. The second-order valence-electron chi connectivity index (χ2n) is 7.49. The van der Waals surface area contributed by atoms with Crippen LogP contribution in [0.2, 0.25) is 0 Å². The van der Waals surface area contributed by atoms with Crippen molar-refractivity contribution >= 4 is 0 Å². The minimum Gasteiger partial charge on any atom is -0.490 e. The molecule has 0 aromatic heterocycles. The molecule has 0 saturated heterocycles. The first-order valence-corrected chi connectivity index (χ1v) is 9.29. The summed E-state index contributed by atoms with van der Waals surface area (Å²) in [5, 5.41) is 13.5. The van der Waals surface area contributed by atoms with E-state index in [9.17, 15) is 5.11 Å². The number of benzene rings is 2. The Morgan fingerprint density at radius 3 is 2.36 bits per heavy atom. The molecule has 2 N–H and O–H groups in total. The van der Waals surface area contributed by atoms with E-state index >= 15 is 0 Å². The maximum Gasteiger partial charge on any atom is 0.124 e. The van der Waals surface area contributed by atoms with Crippen LogP contribution >= 0.6 is 0 Å². The molecule has 134 valence electrons. The van der Waals surface area contributed by atoms with Crippen molar-refractivity contribution in [3.63, 3.8) is 0 Å². The molecule has 25 heavy (non-hydrogen) atoms. The van der Waals surface area contributed by atoms with Gasteiger partial charge in [-0.2, -0.15) is 0 Å². The van der Waals surface area contributed by atoms with E-state index in [4.69, 9.17) is 4.74 Å². The van der Waals surface area contributed by atoms with Crippen molar-refractivity contribution in [2.24, 2.45) is 0 Å². The lowest BCUT2D eigenvalue weighted by atomic mass is 9.97. The summed E-state index contributed by atoms with van der Waals surface area (Å²) < 4.78 is 6.19. The molecule has 0 amide bonds. The van der Waals surface area contributed by atoms with Gasteiger partial charge in [0.15, 0.2) is 0 Å². The first-order valence-electron chi connectivity index (χ1n) is 9.29. The smallest absolute Gasteiger partial charge is 0.124 e. The Balaban J connectivity index is 1.55. The Hall–Kier alpha value is -1.84. The molecule has 1 fully saturated rings. The molecule has 0 spiro atoms. The van der Waals surface area contributed by atoms with Gasteiger partial charge in [-0.3, -0.25) is 0 Å². The molecule has 1 aliphatic carbocycles. The molecule has 1 aliphatic rings. The SMILES string of the molecule is CC(C)(O)c1ccc(CNCc2ccccc2OC2CCCC2)cc1. The van der Waals surface area contributed by atoms with Crippen molar-refractivity contribution in [2.75, 3.05) is 0 Å². The summed E-state index contributed by atoms with van der Waals surface area (Å²) in [6.07, 6.45) is 5.30. The molecule has 2 aromatic rings. The van der Waals surface area contributed by atoms with Gasteiger partial charge in [-0.15, -0.1) is 0 Å². The number of hydrogen-bond donors (Lipinski definition) is 2. The minimum absolute atomic E-state index is 0.385. The fourth-order valence-corrected chi connectivity index (χ4v) is 3.32. The summed E-state index contributed by atoms with van der Waals surface area (Å²) in [6, 6.07) is 16.5. The highest BCUT2D eigenvalue weighted by Crippen LogP contribution is 2.26. The number of rotatable bonds is 7. The lowest BCUT2D eigenvalue weighted by Crippen LogP contribution is -2.17. The van der Waals surface area contributed by atoms with Gasteiger partial charge < -0.3 is 15.2 Å². The number of aliphatic hydroxyl groups is 1. The zero-order valence-corrected chi connectivity index (χ0v) is 15.3. The fourth-order valence-electron chi connectivity index (χ4n) is 3.32. The van der Waals surface area contributed by atoms with Crippen LogP contribution < -0.4 is 10.1 Å². The monoisotopic (exact) mass is 339 g/mol. The quantitative estimate of drug-likeness (QED) is 0.779. The number of nitrogens with one attached hydrogen (secondary N) is 1. The van der Waals surface area contributed by atoms with Crippen LogP contribution in [0.15, 0.2) is 48.5 Å². The Morgan fingerprint density at radius 1 is 1.00 bits per heavy atom. The molecule has 0 bridgehead atoms. The maximum atomic E-state index is 10.0. The zero-order valence-electron chi connectivity index (χ0n) is 15.3. The van der Waals surface area contributed by atoms with Crippen LogP contribution in [0, 0.1) is 0 Å². The van der Waals surface area contributed by atoms with Gasteiger partial charge in [0.1, 0.15) is 5.75 Å². The van der Waals surface area contributed by atoms with Gasteiger partial charge in [0.2, 0.25) is 0 Å². The third kappa shape index (κ3) is 5.07. The summed E-state index contributed by atoms with van der Waals surface area (Å²) in [5.74, 6) is 1.01. The third-order valence-electron chi connectivity index (χ3n) is 4.87. The highest BCUT2D eigenvalue weighted by Gasteiger charge is 2.18. The van der Waals surface area contributed by atoms with Gasteiger partial charge >= 0.3 is 0 Å². The molecule has 3 nitrogen and oxygen atoms in total. The van der Waals surface area contributed by atoms with Gasteiger partial charge in [0, 0.05) is 18.7 Å². The van der Waals surface area contributed by atoms with Crippen LogP contribution in [0.1, 0.15) is 56.2 Å². The highest BCUT2D eigenvalue weighted by molar-refractivity contribution is 5.33. The molecule has 0 radical (unpaired) electrons. The molecule has 0 aliphatic heterocycles. The summed E-state index contributed by atoms with van der Waals surface area (Å²) in [5.41, 5.74) is 2.57. The highest BCUT2D eigenvalue weighted by atomic mass is 16.5. The van der Waals surface area contributed by atoms with Crippen molar-refractivity contribution < 1.29 is 9.84 Å². The first-order chi connectivity index (χ1) is 12.0. The normalized spacial score (nSPS) is 15.5. The third-order valence-corrected chi connectivity index (χ3v) is 4.87. The first kappa shape index (κ1) is 18.0. The van der Waals surface area contributed by atoms with E-state index in [0.717, 1.165) is 24.4 Å². The second-order valence-corrected chi connectivity index (χ2v) is 7.49. The van der Waals surface area contributed by atoms with Crippen LogP contribution in [-0.2, 0) is 18.7 Å². The van der Waals surface area contributed by atoms with E-state index < -0.39 is 5.60 Å². The molecule has 3 rings (SSSR count). The topological polar surface area (TPSA) is 41.5 Å². The Bertz CT molecular complexity index is 667. The van der Waals surface area contributed by atoms with Crippen molar-refractivity contribution in [1.82, 2.24) is 5.32 Å². The standard InChI is InChI=1S/C22H29NO2/c1-22(2,24)19-13-11-17(12-14-19)15-23-16-18-7-3-6-10-21(18)25-20-8-4-5-9-20/h3,6-7,10-14,20,23-24H,4-5,8-9,15-16H2,1-2H3. The molecular weight excluding hydrogens is 310 g/mol. The predicted octanol–water partition coefficient (Wildman–Crippen LogP) is 4.53. The van der Waals surface area contributed by atoms with Gasteiger partial charge in [0.05, 0.1) is 11.7 Å². The summed E-state index contributed by atoms with van der Waals surface area (Å²) in [4.78, 5) is 0. The Kier molecular flexibility index (Phi) is 5.77. The van der Waals surface area contributed by atoms with Gasteiger partial charge in [0.25, 0.3) is 0 Å². The zero-order chi connectivity index (χ0) is 17.7. The summed E-state index contributed by atoms with van der Waals surface area (Å²) >= 11 is 0. The van der Waals surface area contributed by atoms with E-state index in [1.165, 1.54) is 36.8 Å². The van der Waals surface area contributed by atoms with Crippen LogP contribution in [0.3, 0.4) is 0 Å². The van der Waals surface area contributed by atoms with Gasteiger partial charge in [-0.05, 0) is 56.7 Å². The number of ether oxygens (including phenoxy) is 1. The summed E-state index contributed by atoms with van der Waals surface area (Å²) in [6.45, 7) is 5.20. The predicted molar refractivity (Wildman–Crippen MR) is 102 cm³/mol. The van der Waals surface area contributed by atoms with Crippen LogP contribution in [0.25, 0.3) is 0 Å². The average Bonchev–Trinajstić information content (AvgIpc) is 3.09. The largest absolute Gasteiger partial charge is 0.490 e. The Labute approximate surface area is 151 Å². The summed E-state index contributed by atoms with van der Waals surface area (Å²) in [7, 11) is 0. The lowest BCUT2D eigenvalue weighted by molar-refractivity contribution is 0.0786. The van der Waals surface area contributed by atoms with E-state index in [-0.39, 0.29) is 0 Å². The maximum absolute atomic E-state index is 10.0. The van der Waals surface area contributed by atoms with Gasteiger partial charge in [-0.25, -0.2) is 0 Å². The van der Waals surface area contributed by atoms with E-state index in [1.807, 2.05) is 32.0 Å². The number of hydrogen-bond acceptors (Lipinski definition) is 3. The molecule has 3 heteroatoms. The molecule has 2 aromatic carbocycles. The number of para-hydroxylation sites is 1. The van der Waals surface area contributed by atoms with E-state index in [1.54, 1.807) is 0 Å². The van der Waals surface area contributed by atoms with Crippen molar-refractivity contribution in [2.45, 2.75) is 64.3 Å². The van der Waals surface area contributed by atoms with Crippen molar-refractivity contribution in [3.05, 3.63) is 65.2 Å². The molecule has 1 saturated carbocycles. The fraction of sp³-hybridized carbons (Fsp3) is 0.455. The molecule has 0 atom stereocenters. The van der Waals surface area contributed by atoms with Crippen LogP contribution in [0.4, 0.5) is 0 Å². The lowest BCUT2D eigenvalue weighted by Gasteiger charge is -2.18. The van der Waals surface area contributed by atoms with Crippen molar-refractivity contribution in [3.8, 4) is 5.75 Å². The van der Waals surface area contributed by atoms with Crippen LogP contribution in [0.5, 0.6) is 5.75 Å². The second kappa shape index (κ2) is 8.03.